The number of carbonyl (C=O) groups excluding carboxylic acids is 1. The highest BCUT2D eigenvalue weighted by molar-refractivity contribution is 5.98. The fourth-order valence-corrected chi connectivity index (χ4v) is 3.89. The molecule has 4 rings (SSSR count). The lowest BCUT2D eigenvalue weighted by Gasteiger charge is -2.45. The monoisotopic (exact) mass is 376 g/mol. The maximum absolute atomic E-state index is 12.7. The fraction of sp³-hybridized carbons (Fsp3) is 0.261. The summed E-state index contributed by atoms with van der Waals surface area (Å²) in [6.45, 7) is 1.86. The van der Waals surface area contributed by atoms with Crippen LogP contribution < -0.4 is 15.0 Å². The minimum atomic E-state index is -0.758. The normalized spacial score (nSPS) is 25.0. The molecule has 2 aliphatic heterocycles. The van der Waals surface area contributed by atoms with E-state index >= 15 is 0 Å². The Bertz CT molecular complexity index is 976. The average molecular weight is 376 g/mol. The van der Waals surface area contributed by atoms with Crippen molar-refractivity contribution in [3.63, 3.8) is 0 Å². The van der Waals surface area contributed by atoms with Crippen LogP contribution in [-0.2, 0) is 4.79 Å². The van der Waals surface area contributed by atoms with Gasteiger partial charge in [0.2, 0.25) is 0 Å². The molecule has 0 unspecified atom stereocenters. The van der Waals surface area contributed by atoms with Crippen molar-refractivity contribution in [2.24, 2.45) is 0 Å². The van der Waals surface area contributed by atoms with Crippen LogP contribution in [0.4, 0.5) is 5.69 Å². The number of hydrogen-bond acceptors (Lipinski definition) is 4. The molecule has 5 heteroatoms. The molecule has 2 aromatic rings. The molecule has 1 amide bonds. The highest BCUT2D eigenvalue weighted by Gasteiger charge is 2.47. The van der Waals surface area contributed by atoms with Gasteiger partial charge >= 0.3 is 0 Å². The molecule has 1 saturated heterocycles. The van der Waals surface area contributed by atoms with Gasteiger partial charge in [-0.2, -0.15) is 0 Å². The second-order valence-corrected chi connectivity index (χ2v) is 7.70. The molecule has 2 N–H and O–H groups in total. The predicted molar refractivity (Wildman–Crippen MR) is 110 cm³/mol. The van der Waals surface area contributed by atoms with Gasteiger partial charge in [0.1, 0.15) is 11.5 Å². The fourth-order valence-electron chi connectivity index (χ4n) is 3.89. The van der Waals surface area contributed by atoms with Gasteiger partial charge in [-0.05, 0) is 36.8 Å². The lowest BCUT2D eigenvalue weighted by atomic mass is 9.78. The number of hydrogen-bond donors (Lipinski definition) is 2. The number of ether oxygens (including phenoxy) is 1. The van der Waals surface area contributed by atoms with Crippen molar-refractivity contribution in [1.29, 1.82) is 0 Å². The van der Waals surface area contributed by atoms with E-state index in [1.165, 1.54) is 0 Å². The first-order chi connectivity index (χ1) is 13.4. The van der Waals surface area contributed by atoms with Crippen LogP contribution in [-0.4, -0.2) is 30.8 Å². The number of nitrogens with zero attached hydrogens (tertiary/aromatic N) is 1. The second-order valence-electron chi connectivity index (χ2n) is 7.70. The number of allylic oxidation sites excluding steroid dienone is 1. The molecule has 5 nitrogen and oxygen atoms in total. The summed E-state index contributed by atoms with van der Waals surface area (Å²) >= 11 is 0. The van der Waals surface area contributed by atoms with E-state index in [9.17, 15) is 9.90 Å². The number of aliphatic hydroxyl groups is 1. The van der Waals surface area contributed by atoms with Gasteiger partial charge in [0.05, 0.1) is 5.57 Å². The lowest BCUT2D eigenvalue weighted by Crippen LogP contribution is -2.58. The van der Waals surface area contributed by atoms with Gasteiger partial charge in [-0.3, -0.25) is 4.79 Å². The van der Waals surface area contributed by atoms with Gasteiger partial charge in [-0.25, -0.2) is 0 Å². The minimum Gasteiger partial charge on any atom is -0.507 e. The third-order valence-electron chi connectivity index (χ3n) is 5.31. The topological polar surface area (TPSA) is 61.8 Å². The Balaban J connectivity index is 1.68. The summed E-state index contributed by atoms with van der Waals surface area (Å²) in [5.41, 5.74) is 2.61. The number of nitrogens with one attached hydrogen (secondary N) is 1. The standard InChI is InChI=1S/C23H24N2O3/c1-23-14-18(17-6-4-5-7-20(17)28-23)21(22(27)24-23)19(26)13-10-15-8-11-16(12-9-15)25(2)3/h4-13,18,26H,14H2,1-3H3,(H,24,27)/b13-10+,21-19-/t18-,23+/m0/s1. The van der Waals surface area contributed by atoms with E-state index in [1.54, 1.807) is 6.08 Å². The molecule has 2 aromatic carbocycles. The average Bonchev–Trinajstić information content (AvgIpc) is 2.65. The third-order valence-corrected chi connectivity index (χ3v) is 5.31. The van der Waals surface area contributed by atoms with E-state index in [0.29, 0.717) is 12.0 Å². The number of para-hydroxylation sites is 1. The van der Waals surface area contributed by atoms with Crippen LogP contribution in [0.25, 0.3) is 6.08 Å². The molecule has 0 radical (unpaired) electrons. The Labute approximate surface area is 164 Å². The molecule has 0 spiro atoms. The van der Waals surface area contributed by atoms with Crippen molar-refractivity contribution in [2.75, 3.05) is 19.0 Å². The third kappa shape index (κ3) is 3.24. The van der Waals surface area contributed by atoms with Crippen molar-refractivity contribution in [1.82, 2.24) is 5.32 Å². The van der Waals surface area contributed by atoms with Crippen molar-refractivity contribution in [2.45, 2.75) is 25.0 Å². The summed E-state index contributed by atoms with van der Waals surface area (Å²) in [6, 6.07) is 15.7. The largest absolute Gasteiger partial charge is 0.507 e. The first-order valence-electron chi connectivity index (χ1n) is 9.35. The van der Waals surface area contributed by atoms with Crippen LogP contribution in [0.1, 0.15) is 30.4 Å². The summed E-state index contributed by atoms with van der Waals surface area (Å²) in [5, 5.41) is 13.6. The first kappa shape index (κ1) is 18.2. The van der Waals surface area contributed by atoms with Crippen molar-refractivity contribution < 1.29 is 14.6 Å². The molecule has 2 atom stereocenters. The van der Waals surface area contributed by atoms with Crippen LogP contribution in [0.3, 0.4) is 0 Å². The van der Waals surface area contributed by atoms with Gasteiger partial charge in [-0.15, -0.1) is 0 Å². The van der Waals surface area contributed by atoms with Gasteiger partial charge < -0.3 is 20.1 Å². The summed E-state index contributed by atoms with van der Waals surface area (Å²) in [6.07, 6.45) is 3.99. The van der Waals surface area contributed by atoms with Gasteiger partial charge in [-0.1, -0.05) is 36.4 Å². The van der Waals surface area contributed by atoms with Crippen molar-refractivity contribution in [3.05, 3.63) is 77.1 Å². The molecule has 2 aliphatic rings. The Morgan fingerprint density at radius 2 is 1.93 bits per heavy atom. The highest BCUT2D eigenvalue weighted by Crippen LogP contribution is 2.47. The van der Waals surface area contributed by atoms with E-state index in [4.69, 9.17) is 4.74 Å². The summed E-state index contributed by atoms with van der Waals surface area (Å²) in [5.74, 6) is 0.232. The Morgan fingerprint density at radius 1 is 1.21 bits per heavy atom. The quantitative estimate of drug-likeness (QED) is 0.628. The summed E-state index contributed by atoms with van der Waals surface area (Å²) in [4.78, 5) is 14.8. The zero-order valence-corrected chi connectivity index (χ0v) is 16.3. The number of piperidine rings is 1. The van der Waals surface area contributed by atoms with Crippen LogP contribution in [0.5, 0.6) is 5.75 Å². The second kappa shape index (κ2) is 6.75. The summed E-state index contributed by atoms with van der Waals surface area (Å²) in [7, 11) is 3.98. The zero-order valence-electron chi connectivity index (χ0n) is 16.3. The van der Waals surface area contributed by atoms with Crippen LogP contribution in [0.2, 0.25) is 0 Å². The Kier molecular flexibility index (Phi) is 4.38. The van der Waals surface area contributed by atoms with Gasteiger partial charge in [0.25, 0.3) is 5.91 Å². The molecule has 2 heterocycles. The molecule has 28 heavy (non-hydrogen) atoms. The van der Waals surface area contributed by atoms with Crippen LogP contribution in [0, 0.1) is 0 Å². The molecule has 1 fully saturated rings. The maximum Gasteiger partial charge on any atom is 0.254 e. The Hall–Kier alpha value is -3.21. The van der Waals surface area contributed by atoms with Crippen LogP contribution in [0.15, 0.2) is 65.9 Å². The highest BCUT2D eigenvalue weighted by atomic mass is 16.5. The SMILES string of the molecule is CN(C)c1ccc(/C=C/C(O)=C2/C(=O)N[C@@]3(C)C[C@H]2c2ccccc2O3)cc1. The Morgan fingerprint density at radius 3 is 2.64 bits per heavy atom. The molecule has 0 saturated carbocycles. The van der Waals surface area contributed by atoms with Crippen LogP contribution >= 0.6 is 0 Å². The molecular formula is C23H24N2O3. The smallest absolute Gasteiger partial charge is 0.254 e. The lowest BCUT2D eigenvalue weighted by molar-refractivity contribution is -0.127. The van der Waals surface area contributed by atoms with E-state index in [2.05, 4.69) is 5.32 Å². The number of aliphatic hydroxyl groups excluding tert-OH is 1. The summed E-state index contributed by atoms with van der Waals surface area (Å²) < 4.78 is 5.99. The molecule has 0 aromatic heterocycles. The number of anilines is 1. The van der Waals surface area contributed by atoms with Gasteiger partial charge in [0, 0.05) is 37.7 Å². The van der Waals surface area contributed by atoms with E-state index in [1.807, 2.05) is 80.5 Å². The maximum atomic E-state index is 12.7. The first-order valence-corrected chi connectivity index (χ1v) is 9.35. The van der Waals surface area contributed by atoms with E-state index < -0.39 is 5.72 Å². The molecule has 144 valence electrons. The molecule has 0 aliphatic carbocycles. The van der Waals surface area contributed by atoms with Crippen molar-refractivity contribution in [3.8, 4) is 5.75 Å². The minimum absolute atomic E-state index is 0.0158. The van der Waals surface area contributed by atoms with Crippen molar-refractivity contribution >= 4 is 17.7 Å². The number of carbonyl (C=O) groups is 1. The van der Waals surface area contributed by atoms with E-state index in [0.717, 1.165) is 22.6 Å². The molecule has 2 bridgehead atoms. The van der Waals surface area contributed by atoms with Gasteiger partial charge in [0.15, 0.2) is 5.72 Å². The number of fused-ring (bicyclic) bond motifs is 4. The van der Waals surface area contributed by atoms with E-state index in [-0.39, 0.29) is 17.6 Å². The zero-order chi connectivity index (χ0) is 19.9. The molecular weight excluding hydrogens is 352 g/mol. The number of benzene rings is 2. The number of rotatable bonds is 3. The number of amides is 1. The predicted octanol–water partition coefficient (Wildman–Crippen LogP) is 3.99.